The van der Waals surface area contributed by atoms with Crippen molar-refractivity contribution in [1.82, 2.24) is 20.0 Å². The van der Waals surface area contributed by atoms with Crippen LogP contribution in [0.25, 0.3) is 0 Å². The summed E-state index contributed by atoms with van der Waals surface area (Å²) in [6, 6.07) is 24.2. The van der Waals surface area contributed by atoms with Gasteiger partial charge in [0, 0.05) is 6.21 Å². The first-order chi connectivity index (χ1) is 14.8. The fraction of sp³-hybridized carbons (Fsp3) is 0.167. The Kier molecular flexibility index (Phi) is 6.25. The molecular weight excluding hydrogens is 374 g/mol. The predicted octanol–water partition coefficient (Wildman–Crippen LogP) is 4.48. The quantitative estimate of drug-likeness (QED) is 0.411. The SMILES string of the molecule is C[C@@H](N=Cc1ccc(OCc2cn(Cc3ccccc3)nn2)cn1)c1ccccc1. The van der Waals surface area contributed by atoms with E-state index in [-0.39, 0.29) is 6.04 Å². The molecule has 0 bridgehead atoms. The van der Waals surface area contributed by atoms with Gasteiger partial charge in [0.2, 0.25) is 0 Å². The topological polar surface area (TPSA) is 65.2 Å². The first kappa shape index (κ1) is 19.5. The lowest BCUT2D eigenvalue weighted by atomic mass is 10.1. The van der Waals surface area contributed by atoms with Crippen molar-refractivity contribution in [2.24, 2.45) is 4.99 Å². The maximum atomic E-state index is 5.78. The molecule has 2 heterocycles. The van der Waals surface area contributed by atoms with E-state index in [0.29, 0.717) is 18.9 Å². The average molecular weight is 397 g/mol. The normalized spacial score (nSPS) is 12.2. The molecule has 0 aliphatic rings. The van der Waals surface area contributed by atoms with E-state index in [1.165, 1.54) is 11.1 Å². The van der Waals surface area contributed by atoms with E-state index < -0.39 is 0 Å². The lowest BCUT2D eigenvalue weighted by Crippen LogP contribution is -2.00. The van der Waals surface area contributed by atoms with Gasteiger partial charge in [-0.05, 0) is 30.2 Å². The Morgan fingerprint density at radius 3 is 2.50 bits per heavy atom. The Balaban J connectivity index is 1.29. The molecule has 0 radical (unpaired) electrons. The highest BCUT2D eigenvalue weighted by Crippen LogP contribution is 2.16. The van der Waals surface area contributed by atoms with E-state index in [0.717, 1.165) is 11.4 Å². The van der Waals surface area contributed by atoms with Gasteiger partial charge in [0.05, 0.1) is 30.7 Å². The van der Waals surface area contributed by atoms with Gasteiger partial charge in [-0.3, -0.25) is 9.98 Å². The summed E-state index contributed by atoms with van der Waals surface area (Å²) in [6.45, 7) is 3.09. The van der Waals surface area contributed by atoms with Crippen LogP contribution in [0, 0.1) is 0 Å². The van der Waals surface area contributed by atoms with Crippen molar-refractivity contribution in [3.63, 3.8) is 0 Å². The molecule has 0 saturated heterocycles. The maximum absolute atomic E-state index is 5.78. The minimum Gasteiger partial charge on any atom is -0.486 e. The van der Waals surface area contributed by atoms with Gasteiger partial charge in [-0.2, -0.15) is 0 Å². The van der Waals surface area contributed by atoms with Crippen LogP contribution in [-0.4, -0.2) is 26.2 Å². The number of nitrogens with zero attached hydrogens (tertiary/aromatic N) is 5. The van der Waals surface area contributed by atoms with E-state index in [2.05, 4.69) is 51.5 Å². The molecule has 0 saturated carbocycles. The second-order valence-corrected chi connectivity index (χ2v) is 6.97. The zero-order valence-electron chi connectivity index (χ0n) is 16.8. The third kappa shape index (κ3) is 5.38. The van der Waals surface area contributed by atoms with Crippen molar-refractivity contribution in [3.05, 3.63) is 108 Å². The first-order valence-electron chi connectivity index (χ1n) is 9.86. The van der Waals surface area contributed by atoms with E-state index >= 15 is 0 Å². The van der Waals surface area contributed by atoms with Crippen LogP contribution in [0.3, 0.4) is 0 Å². The number of benzene rings is 2. The van der Waals surface area contributed by atoms with Gasteiger partial charge >= 0.3 is 0 Å². The van der Waals surface area contributed by atoms with Crippen LogP contribution in [0.15, 0.2) is 90.2 Å². The summed E-state index contributed by atoms with van der Waals surface area (Å²) in [4.78, 5) is 8.98. The number of aliphatic imine (C=N–C) groups is 1. The molecule has 4 aromatic rings. The van der Waals surface area contributed by atoms with Gasteiger partial charge in [0.15, 0.2) is 0 Å². The smallest absolute Gasteiger partial charge is 0.138 e. The molecule has 1 atom stereocenters. The van der Waals surface area contributed by atoms with Crippen molar-refractivity contribution in [2.45, 2.75) is 26.1 Å². The van der Waals surface area contributed by atoms with Crippen LogP contribution in [0.5, 0.6) is 5.75 Å². The summed E-state index contributed by atoms with van der Waals surface area (Å²) in [7, 11) is 0. The summed E-state index contributed by atoms with van der Waals surface area (Å²) >= 11 is 0. The van der Waals surface area contributed by atoms with Gasteiger partial charge in [-0.15, -0.1) is 5.10 Å². The van der Waals surface area contributed by atoms with Crippen LogP contribution < -0.4 is 4.74 Å². The Labute approximate surface area is 175 Å². The Bertz CT molecular complexity index is 1080. The summed E-state index contributed by atoms with van der Waals surface area (Å²) in [5.41, 5.74) is 3.92. The number of rotatable bonds is 8. The van der Waals surface area contributed by atoms with Gasteiger partial charge in [0.1, 0.15) is 18.1 Å². The highest BCUT2D eigenvalue weighted by atomic mass is 16.5. The molecule has 6 nitrogen and oxygen atoms in total. The summed E-state index contributed by atoms with van der Waals surface area (Å²) in [5, 5.41) is 8.33. The van der Waals surface area contributed by atoms with Gasteiger partial charge in [0.25, 0.3) is 0 Å². The Hall–Kier alpha value is -3.80. The largest absolute Gasteiger partial charge is 0.486 e. The minimum atomic E-state index is 0.0856. The van der Waals surface area contributed by atoms with E-state index in [1.807, 2.05) is 54.7 Å². The number of hydrogen-bond donors (Lipinski definition) is 0. The van der Waals surface area contributed by atoms with E-state index in [9.17, 15) is 0 Å². The molecule has 6 heteroatoms. The molecule has 0 unspecified atom stereocenters. The summed E-state index contributed by atoms with van der Waals surface area (Å²) in [6.07, 6.45) is 5.38. The van der Waals surface area contributed by atoms with E-state index in [4.69, 9.17) is 4.74 Å². The molecule has 0 fully saturated rings. The molecule has 0 N–H and O–H groups in total. The second kappa shape index (κ2) is 9.60. The molecule has 0 spiro atoms. The average Bonchev–Trinajstić information content (AvgIpc) is 3.25. The van der Waals surface area contributed by atoms with Crippen molar-refractivity contribution < 1.29 is 4.74 Å². The maximum Gasteiger partial charge on any atom is 0.138 e. The van der Waals surface area contributed by atoms with Crippen LogP contribution in [0.2, 0.25) is 0 Å². The molecule has 30 heavy (non-hydrogen) atoms. The summed E-state index contributed by atoms with van der Waals surface area (Å²) < 4.78 is 7.59. The number of pyridine rings is 1. The zero-order valence-corrected chi connectivity index (χ0v) is 16.8. The molecule has 0 aliphatic heterocycles. The Morgan fingerprint density at radius 1 is 1.00 bits per heavy atom. The fourth-order valence-corrected chi connectivity index (χ4v) is 2.97. The predicted molar refractivity (Wildman–Crippen MR) is 117 cm³/mol. The number of hydrogen-bond acceptors (Lipinski definition) is 5. The van der Waals surface area contributed by atoms with Crippen LogP contribution >= 0.6 is 0 Å². The molecule has 0 amide bonds. The highest BCUT2D eigenvalue weighted by Gasteiger charge is 2.04. The molecule has 0 aliphatic carbocycles. The van der Waals surface area contributed by atoms with Crippen molar-refractivity contribution >= 4 is 6.21 Å². The minimum absolute atomic E-state index is 0.0856. The zero-order chi connectivity index (χ0) is 20.6. The van der Waals surface area contributed by atoms with Gasteiger partial charge in [-0.1, -0.05) is 65.9 Å². The Morgan fingerprint density at radius 2 is 1.77 bits per heavy atom. The van der Waals surface area contributed by atoms with Gasteiger partial charge in [-0.25, -0.2) is 4.68 Å². The van der Waals surface area contributed by atoms with Crippen LogP contribution in [0.1, 0.15) is 35.5 Å². The lowest BCUT2D eigenvalue weighted by molar-refractivity contribution is 0.300. The third-order valence-corrected chi connectivity index (χ3v) is 4.63. The third-order valence-electron chi connectivity index (χ3n) is 4.63. The van der Waals surface area contributed by atoms with Crippen molar-refractivity contribution in [1.29, 1.82) is 0 Å². The lowest BCUT2D eigenvalue weighted by Gasteiger charge is -2.06. The molecule has 4 rings (SSSR count). The number of ether oxygens (including phenoxy) is 1. The second-order valence-electron chi connectivity index (χ2n) is 6.97. The molecule has 150 valence electrons. The van der Waals surface area contributed by atoms with E-state index in [1.54, 1.807) is 17.1 Å². The number of aromatic nitrogens is 4. The van der Waals surface area contributed by atoms with Crippen LogP contribution in [-0.2, 0) is 13.2 Å². The molecule has 2 aromatic carbocycles. The van der Waals surface area contributed by atoms with Crippen LogP contribution in [0.4, 0.5) is 0 Å². The van der Waals surface area contributed by atoms with Crippen molar-refractivity contribution in [2.75, 3.05) is 0 Å². The first-order valence-corrected chi connectivity index (χ1v) is 9.86. The van der Waals surface area contributed by atoms with Gasteiger partial charge < -0.3 is 4.74 Å². The highest BCUT2D eigenvalue weighted by molar-refractivity contribution is 5.77. The monoisotopic (exact) mass is 397 g/mol. The standard InChI is InChI=1S/C24H23N5O/c1-19(21-10-6-3-7-11-21)25-14-22-12-13-24(15-26-22)30-18-23-17-29(28-27-23)16-20-8-4-2-5-9-20/h2-15,17,19H,16,18H2,1H3/t19-/m1/s1. The van der Waals surface area contributed by atoms with Crippen molar-refractivity contribution in [3.8, 4) is 5.75 Å². The molecular formula is C24H23N5O. The fourth-order valence-electron chi connectivity index (χ4n) is 2.97. The summed E-state index contributed by atoms with van der Waals surface area (Å²) in [5.74, 6) is 0.681. The molecule has 2 aromatic heterocycles.